The summed E-state index contributed by atoms with van der Waals surface area (Å²) in [7, 11) is 0. The summed E-state index contributed by atoms with van der Waals surface area (Å²) < 4.78 is 0. The van der Waals surface area contributed by atoms with Crippen LogP contribution in [0.5, 0.6) is 0 Å². The minimum Gasteiger partial charge on any atom is -0.478 e. The van der Waals surface area contributed by atoms with Crippen LogP contribution in [0.1, 0.15) is 34.5 Å². The normalized spacial score (nSPS) is 10.3. The summed E-state index contributed by atoms with van der Waals surface area (Å²) in [6, 6.07) is 13.1. The van der Waals surface area contributed by atoms with Crippen molar-refractivity contribution < 1.29 is 9.90 Å². The van der Waals surface area contributed by atoms with E-state index in [4.69, 9.17) is 5.11 Å². The molecule has 0 unspecified atom stereocenters. The van der Waals surface area contributed by atoms with E-state index in [1.165, 1.54) is 5.56 Å². The molecule has 0 aliphatic heterocycles. The second kappa shape index (κ2) is 6.69. The summed E-state index contributed by atoms with van der Waals surface area (Å²) in [5.41, 5.74) is 2.66. The molecule has 0 amide bonds. The summed E-state index contributed by atoms with van der Waals surface area (Å²) >= 11 is 0. The third-order valence-corrected chi connectivity index (χ3v) is 3.08. The van der Waals surface area contributed by atoms with Crippen molar-refractivity contribution in [1.29, 1.82) is 0 Å². The minimum absolute atomic E-state index is 0.345. The Kier molecular flexibility index (Phi) is 4.67. The van der Waals surface area contributed by atoms with Gasteiger partial charge in [0.2, 0.25) is 0 Å². The fourth-order valence-corrected chi connectivity index (χ4v) is 2.00. The number of carbonyl (C=O) groups is 1. The zero-order chi connectivity index (χ0) is 13.5. The van der Waals surface area contributed by atoms with Crippen molar-refractivity contribution in [2.45, 2.75) is 25.7 Å². The Labute approximate surface area is 112 Å². The van der Waals surface area contributed by atoms with Gasteiger partial charge in [-0.1, -0.05) is 18.2 Å². The third kappa shape index (κ3) is 4.21. The van der Waals surface area contributed by atoms with Crippen molar-refractivity contribution in [3.05, 3.63) is 65.5 Å². The largest absolute Gasteiger partial charge is 0.478 e. The van der Waals surface area contributed by atoms with Crippen molar-refractivity contribution in [2.75, 3.05) is 0 Å². The number of carboxylic acids is 1. The second-order valence-corrected chi connectivity index (χ2v) is 4.53. The van der Waals surface area contributed by atoms with Crippen LogP contribution in [0.4, 0.5) is 0 Å². The van der Waals surface area contributed by atoms with Crippen molar-refractivity contribution in [2.24, 2.45) is 0 Å². The van der Waals surface area contributed by atoms with Gasteiger partial charge in [-0.3, -0.25) is 4.98 Å². The molecule has 2 rings (SSSR count). The van der Waals surface area contributed by atoms with E-state index >= 15 is 0 Å². The standard InChI is InChI=1S/C16H17NO2/c18-16(19)14-10-8-13(9-11-14)5-1-2-6-15-7-3-4-12-17-15/h3-4,7-12H,1-2,5-6H2,(H,18,19). The van der Waals surface area contributed by atoms with E-state index in [0.29, 0.717) is 5.56 Å². The Balaban J connectivity index is 1.75. The molecule has 1 heterocycles. The van der Waals surface area contributed by atoms with E-state index in [2.05, 4.69) is 4.98 Å². The van der Waals surface area contributed by atoms with Crippen LogP contribution in [0.25, 0.3) is 0 Å². The molecular formula is C16H17NO2. The highest BCUT2D eigenvalue weighted by Crippen LogP contribution is 2.09. The molecule has 1 aromatic heterocycles. The van der Waals surface area contributed by atoms with Crippen molar-refractivity contribution >= 4 is 5.97 Å². The topological polar surface area (TPSA) is 50.2 Å². The lowest BCUT2D eigenvalue weighted by atomic mass is 10.0. The van der Waals surface area contributed by atoms with Crippen LogP contribution in [0.2, 0.25) is 0 Å². The summed E-state index contributed by atoms with van der Waals surface area (Å²) in [6.45, 7) is 0. The molecule has 19 heavy (non-hydrogen) atoms. The number of carboxylic acid groups (broad SMARTS) is 1. The molecule has 98 valence electrons. The molecule has 0 saturated carbocycles. The Morgan fingerprint density at radius 1 is 1.00 bits per heavy atom. The van der Waals surface area contributed by atoms with Gasteiger partial charge in [-0.05, 0) is 55.5 Å². The average molecular weight is 255 g/mol. The number of unbranched alkanes of at least 4 members (excludes halogenated alkanes) is 1. The minimum atomic E-state index is -0.873. The zero-order valence-electron chi connectivity index (χ0n) is 10.7. The van der Waals surface area contributed by atoms with Gasteiger partial charge in [0.25, 0.3) is 0 Å². The van der Waals surface area contributed by atoms with E-state index < -0.39 is 5.97 Å². The second-order valence-electron chi connectivity index (χ2n) is 4.53. The molecule has 2 aromatic rings. The molecule has 1 aromatic carbocycles. The van der Waals surface area contributed by atoms with E-state index in [9.17, 15) is 4.79 Å². The van der Waals surface area contributed by atoms with Crippen LogP contribution in [-0.2, 0) is 12.8 Å². The highest BCUT2D eigenvalue weighted by atomic mass is 16.4. The van der Waals surface area contributed by atoms with E-state index in [1.807, 2.05) is 36.5 Å². The van der Waals surface area contributed by atoms with E-state index in [1.54, 1.807) is 12.1 Å². The van der Waals surface area contributed by atoms with Crippen LogP contribution >= 0.6 is 0 Å². The van der Waals surface area contributed by atoms with Gasteiger partial charge in [-0.15, -0.1) is 0 Å². The van der Waals surface area contributed by atoms with Crippen molar-refractivity contribution in [3.63, 3.8) is 0 Å². The zero-order valence-corrected chi connectivity index (χ0v) is 10.7. The first kappa shape index (κ1) is 13.3. The number of aromatic carboxylic acids is 1. The maximum absolute atomic E-state index is 10.7. The summed E-state index contributed by atoms with van der Waals surface area (Å²) in [4.78, 5) is 15.0. The van der Waals surface area contributed by atoms with Gasteiger partial charge < -0.3 is 5.11 Å². The maximum atomic E-state index is 10.7. The van der Waals surface area contributed by atoms with Crippen LogP contribution in [0.3, 0.4) is 0 Å². The number of hydrogen-bond donors (Lipinski definition) is 1. The SMILES string of the molecule is O=C(O)c1ccc(CCCCc2ccccn2)cc1. The first-order valence-electron chi connectivity index (χ1n) is 6.48. The highest BCUT2D eigenvalue weighted by molar-refractivity contribution is 5.87. The molecule has 1 N–H and O–H groups in total. The predicted molar refractivity (Wildman–Crippen MR) is 74.3 cm³/mol. The summed E-state index contributed by atoms with van der Waals surface area (Å²) in [5, 5.41) is 8.81. The van der Waals surface area contributed by atoms with Gasteiger partial charge >= 0.3 is 5.97 Å². The summed E-state index contributed by atoms with van der Waals surface area (Å²) in [5.74, 6) is -0.873. The Morgan fingerprint density at radius 3 is 2.37 bits per heavy atom. The molecule has 0 bridgehead atoms. The molecule has 0 spiro atoms. The molecule has 0 aliphatic rings. The van der Waals surface area contributed by atoms with Gasteiger partial charge in [-0.25, -0.2) is 4.79 Å². The average Bonchev–Trinajstić information content (AvgIpc) is 2.45. The lowest BCUT2D eigenvalue weighted by Gasteiger charge is -2.02. The van der Waals surface area contributed by atoms with Crippen LogP contribution in [-0.4, -0.2) is 16.1 Å². The number of benzene rings is 1. The van der Waals surface area contributed by atoms with Crippen LogP contribution in [0.15, 0.2) is 48.7 Å². The number of aromatic nitrogens is 1. The van der Waals surface area contributed by atoms with E-state index in [-0.39, 0.29) is 0 Å². The highest BCUT2D eigenvalue weighted by Gasteiger charge is 2.01. The van der Waals surface area contributed by atoms with Crippen LogP contribution in [0, 0.1) is 0 Å². The predicted octanol–water partition coefficient (Wildman–Crippen LogP) is 3.35. The molecule has 3 nitrogen and oxygen atoms in total. The van der Waals surface area contributed by atoms with Crippen molar-refractivity contribution in [1.82, 2.24) is 4.98 Å². The number of pyridine rings is 1. The number of rotatable bonds is 6. The number of aryl methyl sites for hydroxylation is 2. The first-order valence-corrected chi connectivity index (χ1v) is 6.48. The first-order chi connectivity index (χ1) is 9.25. The molecule has 0 radical (unpaired) electrons. The van der Waals surface area contributed by atoms with Gasteiger partial charge in [0, 0.05) is 11.9 Å². The van der Waals surface area contributed by atoms with Gasteiger partial charge in [0.1, 0.15) is 0 Å². The fraction of sp³-hybridized carbons (Fsp3) is 0.250. The molecular weight excluding hydrogens is 238 g/mol. The molecule has 3 heteroatoms. The lowest BCUT2D eigenvalue weighted by Crippen LogP contribution is -1.96. The Bertz CT molecular complexity index is 520. The number of nitrogens with zero attached hydrogens (tertiary/aromatic N) is 1. The van der Waals surface area contributed by atoms with Gasteiger partial charge in [0.15, 0.2) is 0 Å². The smallest absolute Gasteiger partial charge is 0.335 e. The summed E-state index contributed by atoms with van der Waals surface area (Å²) in [6.07, 6.45) is 5.97. The maximum Gasteiger partial charge on any atom is 0.335 e. The Morgan fingerprint density at radius 2 is 1.74 bits per heavy atom. The van der Waals surface area contributed by atoms with E-state index in [0.717, 1.165) is 31.4 Å². The molecule has 0 atom stereocenters. The monoisotopic (exact) mass is 255 g/mol. The molecule has 0 saturated heterocycles. The van der Waals surface area contributed by atoms with Crippen molar-refractivity contribution in [3.8, 4) is 0 Å². The lowest BCUT2D eigenvalue weighted by molar-refractivity contribution is 0.0697. The fourth-order valence-electron chi connectivity index (χ4n) is 2.00. The number of hydrogen-bond acceptors (Lipinski definition) is 2. The molecule has 0 fully saturated rings. The Hall–Kier alpha value is -2.16. The van der Waals surface area contributed by atoms with Crippen LogP contribution < -0.4 is 0 Å². The van der Waals surface area contributed by atoms with Gasteiger partial charge in [0.05, 0.1) is 5.56 Å². The third-order valence-electron chi connectivity index (χ3n) is 3.08. The van der Waals surface area contributed by atoms with Gasteiger partial charge in [-0.2, -0.15) is 0 Å². The quantitative estimate of drug-likeness (QED) is 0.805. The molecule has 0 aliphatic carbocycles.